The first-order valence-corrected chi connectivity index (χ1v) is 14.4. The third kappa shape index (κ3) is 4.24. The molecule has 4 aliphatic heterocycles. The molecule has 10 heteroatoms. The van der Waals surface area contributed by atoms with Gasteiger partial charge in [0.15, 0.2) is 0 Å². The molecule has 4 N–H and O–H groups in total. The maximum atomic E-state index is 13.6. The lowest BCUT2D eigenvalue weighted by molar-refractivity contribution is -0.137. The van der Waals surface area contributed by atoms with Gasteiger partial charge in [0.1, 0.15) is 0 Å². The van der Waals surface area contributed by atoms with Gasteiger partial charge in [-0.3, -0.25) is 19.6 Å². The average molecular weight is 580 g/mol. The lowest BCUT2D eigenvalue weighted by Crippen LogP contribution is -2.38. The van der Waals surface area contributed by atoms with Crippen LogP contribution in [0.4, 0.5) is 0 Å². The predicted octanol–water partition coefficient (Wildman–Crippen LogP) is 6.54. The Balaban J connectivity index is 1.81. The fraction of sp³-hybridized carbons (Fsp3) is 0.303. The van der Waals surface area contributed by atoms with Gasteiger partial charge < -0.3 is 15.1 Å². The van der Waals surface area contributed by atoms with Crippen molar-refractivity contribution < 1.29 is 24.7 Å². The number of H-pyrrole nitrogens is 2. The molecule has 4 aliphatic rings. The van der Waals surface area contributed by atoms with Crippen molar-refractivity contribution in [3.8, 4) is 0 Å². The van der Waals surface area contributed by atoms with Gasteiger partial charge in [0.2, 0.25) is 0 Å². The zero-order chi connectivity index (χ0) is 30.9. The van der Waals surface area contributed by atoms with E-state index in [2.05, 4.69) is 23.5 Å². The molecular weight excluding hydrogens is 546 g/mol. The van der Waals surface area contributed by atoms with Crippen LogP contribution in [0, 0.1) is 6.92 Å². The summed E-state index contributed by atoms with van der Waals surface area (Å²) in [4.78, 5) is 55.1. The highest BCUT2D eigenvalue weighted by atomic mass is 16.5. The fourth-order valence-corrected chi connectivity index (χ4v) is 6.65. The van der Waals surface area contributed by atoms with Crippen LogP contribution in [0.1, 0.15) is 119 Å². The maximum absolute atomic E-state index is 13.6. The maximum Gasteiger partial charge on any atom is 0.303 e. The molecule has 0 saturated heterocycles. The van der Waals surface area contributed by atoms with E-state index in [4.69, 9.17) is 9.97 Å². The SMILES string of the molecule is C=CC1=C(C)c2cc3[nH]c(c4c5[nH]c(cc6nc(cc1n2)C(C)=C6CC)c(C)c5C(=O)N(O)C4=O)[C@@H](CCC(=O)O)[C@@H]3C. The highest BCUT2D eigenvalue weighted by Gasteiger charge is 2.40. The number of imide groups is 1. The second-order valence-electron chi connectivity index (χ2n) is 11.4. The average Bonchev–Trinajstić information content (AvgIpc) is 3.64. The minimum absolute atomic E-state index is 0.105. The molecule has 10 nitrogen and oxygen atoms in total. The number of carboxylic acids is 1. The minimum Gasteiger partial charge on any atom is -0.481 e. The highest BCUT2D eigenvalue weighted by Crippen LogP contribution is 2.44. The predicted molar refractivity (Wildman–Crippen MR) is 163 cm³/mol. The number of hydroxylamine groups is 2. The molecule has 6 heterocycles. The molecule has 0 fully saturated rings. The third-order valence-electron chi connectivity index (χ3n) is 9.13. The van der Waals surface area contributed by atoms with Gasteiger partial charge in [0.05, 0.1) is 39.4 Å². The van der Waals surface area contributed by atoms with Crippen molar-refractivity contribution in [2.45, 2.75) is 65.7 Å². The smallest absolute Gasteiger partial charge is 0.303 e. The topological polar surface area (TPSA) is 152 Å². The standard InChI is InChI=1S/C33H33N5O5/c1-7-18-14(3)21-11-23-16(5)20(9-10-27(39)40)30(36-23)29-31-28(32(41)38(43)33(29)42)17(6)24(37-31)13-26-19(8-2)15(4)22(35-26)12-25(18)34-21/h7,11-13,16,20,36-37,43H,1,8-10H2,2-6H3,(H,39,40)/t16-,20-/m0/s1. The molecule has 2 amide bonds. The summed E-state index contributed by atoms with van der Waals surface area (Å²) < 4.78 is 0. The van der Waals surface area contributed by atoms with E-state index in [1.165, 1.54) is 0 Å². The Morgan fingerprint density at radius 2 is 1.67 bits per heavy atom. The number of aryl methyl sites for hydroxylation is 1. The summed E-state index contributed by atoms with van der Waals surface area (Å²) in [6.07, 6.45) is 2.62. The van der Waals surface area contributed by atoms with Crippen molar-refractivity contribution in [3.05, 3.63) is 81.7 Å². The van der Waals surface area contributed by atoms with E-state index in [-0.39, 0.29) is 34.9 Å². The number of rotatable bonds is 5. The van der Waals surface area contributed by atoms with Crippen LogP contribution in [0.15, 0.2) is 30.9 Å². The first kappa shape index (κ1) is 28.3. The Hall–Kier alpha value is -4.83. The molecule has 0 spiro atoms. The summed E-state index contributed by atoms with van der Waals surface area (Å²) in [6.45, 7) is 13.8. The van der Waals surface area contributed by atoms with Crippen LogP contribution in [0.5, 0.6) is 0 Å². The van der Waals surface area contributed by atoms with E-state index in [1.807, 2.05) is 39.0 Å². The molecular formula is C33H33N5O5. The number of allylic oxidation sites excluding steroid dienone is 5. The van der Waals surface area contributed by atoms with Gasteiger partial charge in [-0.05, 0) is 74.1 Å². The van der Waals surface area contributed by atoms with Crippen LogP contribution in [-0.2, 0) is 4.79 Å². The van der Waals surface area contributed by atoms with E-state index in [9.17, 15) is 24.7 Å². The van der Waals surface area contributed by atoms with Crippen LogP contribution < -0.4 is 0 Å². The Labute approximate surface area is 248 Å². The van der Waals surface area contributed by atoms with E-state index in [0.29, 0.717) is 28.0 Å². The molecule has 0 radical (unpaired) electrons. The van der Waals surface area contributed by atoms with Gasteiger partial charge in [-0.1, -0.05) is 26.5 Å². The fourth-order valence-electron chi connectivity index (χ4n) is 6.65. The zero-order valence-electron chi connectivity index (χ0n) is 24.8. The summed E-state index contributed by atoms with van der Waals surface area (Å²) in [6, 6.07) is 5.75. The number of carbonyl (C=O) groups excluding carboxylic acids is 2. The molecule has 2 aromatic rings. The monoisotopic (exact) mass is 579 g/mol. The molecule has 0 saturated carbocycles. The quantitative estimate of drug-likeness (QED) is 0.232. The van der Waals surface area contributed by atoms with Crippen molar-refractivity contribution >= 4 is 51.1 Å². The largest absolute Gasteiger partial charge is 0.481 e. The van der Waals surface area contributed by atoms with Crippen molar-refractivity contribution in [2.75, 3.05) is 0 Å². The van der Waals surface area contributed by atoms with Crippen molar-refractivity contribution in [3.63, 3.8) is 0 Å². The van der Waals surface area contributed by atoms with Gasteiger partial charge in [-0.2, -0.15) is 0 Å². The number of carboxylic acid groups (broad SMARTS) is 1. The van der Waals surface area contributed by atoms with Gasteiger partial charge in [-0.25, -0.2) is 9.97 Å². The van der Waals surface area contributed by atoms with Gasteiger partial charge in [-0.15, -0.1) is 5.06 Å². The lowest BCUT2D eigenvalue weighted by Gasteiger charge is -2.22. The number of aromatic amines is 2. The molecule has 2 aromatic heterocycles. The number of aromatic nitrogens is 4. The number of nitrogens with zero attached hydrogens (tertiary/aromatic N) is 3. The molecule has 6 rings (SSSR count). The lowest BCUT2D eigenvalue weighted by atomic mass is 9.84. The van der Waals surface area contributed by atoms with Crippen LogP contribution in [-0.4, -0.2) is 53.1 Å². The third-order valence-corrected chi connectivity index (χ3v) is 9.13. The summed E-state index contributed by atoms with van der Waals surface area (Å²) in [5, 5.41) is 20.4. The van der Waals surface area contributed by atoms with Gasteiger partial charge in [0, 0.05) is 40.7 Å². The van der Waals surface area contributed by atoms with Crippen molar-refractivity contribution in [1.29, 1.82) is 0 Å². The molecule has 43 heavy (non-hydrogen) atoms. The summed E-state index contributed by atoms with van der Waals surface area (Å²) in [5.41, 5.74) is 9.78. The number of hydrogen-bond acceptors (Lipinski definition) is 6. The van der Waals surface area contributed by atoms with Crippen molar-refractivity contribution in [2.24, 2.45) is 0 Å². The van der Waals surface area contributed by atoms with Gasteiger partial charge >= 0.3 is 5.97 Å². The Morgan fingerprint density at radius 3 is 2.35 bits per heavy atom. The molecule has 0 aliphatic carbocycles. The number of fused-ring (bicyclic) bond motifs is 8. The molecule has 220 valence electrons. The summed E-state index contributed by atoms with van der Waals surface area (Å²) >= 11 is 0. The van der Waals surface area contributed by atoms with E-state index in [1.54, 1.807) is 13.0 Å². The summed E-state index contributed by atoms with van der Waals surface area (Å²) in [7, 11) is 0. The number of hydrogen-bond donors (Lipinski definition) is 4. The highest BCUT2D eigenvalue weighted by molar-refractivity contribution is 6.22. The second-order valence-corrected chi connectivity index (χ2v) is 11.4. The second kappa shape index (κ2) is 10.2. The van der Waals surface area contributed by atoms with Crippen LogP contribution >= 0.6 is 0 Å². The molecule has 0 aromatic carbocycles. The Bertz CT molecular complexity index is 1920. The Kier molecular flexibility index (Phi) is 6.69. The number of amides is 2. The van der Waals surface area contributed by atoms with E-state index >= 15 is 0 Å². The number of nitrogens with one attached hydrogen (secondary N) is 2. The Morgan fingerprint density at radius 1 is 1.00 bits per heavy atom. The normalized spacial score (nSPS) is 18.9. The van der Waals surface area contributed by atoms with Crippen LogP contribution in [0.3, 0.4) is 0 Å². The van der Waals surface area contributed by atoms with E-state index < -0.39 is 23.7 Å². The van der Waals surface area contributed by atoms with Crippen LogP contribution in [0.25, 0.3) is 33.3 Å². The molecule has 0 unspecified atom stereocenters. The zero-order valence-corrected chi connectivity index (χ0v) is 24.8. The van der Waals surface area contributed by atoms with Crippen LogP contribution in [0.2, 0.25) is 0 Å². The van der Waals surface area contributed by atoms with Gasteiger partial charge in [0.25, 0.3) is 11.8 Å². The molecule has 2 atom stereocenters. The first-order valence-electron chi connectivity index (χ1n) is 14.4. The number of aliphatic carboxylic acids is 1. The number of carbonyl (C=O) groups is 3. The molecule has 8 bridgehead atoms. The van der Waals surface area contributed by atoms with Crippen molar-refractivity contribution in [1.82, 2.24) is 25.0 Å². The summed E-state index contributed by atoms with van der Waals surface area (Å²) in [5.74, 6) is -3.28. The van der Waals surface area contributed by atoms with E-state index in [0.717, 1.165) is 51.5 Å². The first-order chi connectivity index (χ1) is 20.5. The minimum atomic E-state index is -0.956.